The van der Waals surface area contributed by atoms with Crippen LogP contribution >= 0.6 is 15.9 Å². The van der Waals surface area contributed by atoms with E-state index < -0.39 is 0 Å². The second-order valence-corrected chi connectivity index (χ2v) is 4.30. The number of halogens is 1. The van der Waals surface area contributed by atoms with Gasteiger partial charge in [-0.15, -0.1) is 0 Å². The van der Waals surface area contributed by atoms with E-state index in [0.29, 0.717) is 0 Å². The molecule has 0 unspecified atom stereocenters. The normalized spacial score (nSPS) is 10.6. The highest BCUT2D eigenvalue weighted by molar-refractivity contribution is 9.10. The third kappa shape index (κ3) is 2.58. The largest absolute Gasteiger partial charge is 0.396 e. The molecule has 1 nitrogen and oxygen atoms in total. The van der Waals surface area contributed by atoms with Crippen molar-refractivity contribution in [2.75, 3.05) is 6.61 Å². The predicted octanol–water partition coefficient (Wildman–Crippen LogP) is 3.11. The quantitative estimate of drug-likeness (QED) is 0.878. The molecule has 0 heterocycles. The van der Waals surface area contributed by atoms with Gasteiger partial charge in [0.2, 0.25) is 0 Å². The summed E-state index contributed by atoms with van der Waals surface area (Å²) in [6.45, 7) is 4.55. The van der Waals surface area contributed by atoms with Crippen molar-refractivity contribution in [2.24, 2.45) is 0 Å². The van der Waals surface area contributed by atoms with Crippen LogP contribution in [0.4, 0.5) is 0 Å². The first-order valence-electron chi connectivity index (χ1n) is 5.13. The lowest BCUT2D eigenvalue weighted by Crippen LogP contribution is -2.02. The lowest BCUT2D eigenvalue weighted by molar-refractivity contribution is 0.299. The van der Waals surface area contributed by atoms with Crippen molar-refractivity contribution in [1.29, 1.82) is 0 Å². The van der Waals surface area contributed by atoms with Gasteiger partial charge in [-0.2, -0.15) is 0 Å². The second-order valence-electron chi connectivity index (χ2n) is 3.38. The minimum absolute atomic E-state index is 0.238. The Hall–Kier alpha value is -0.340. The molecule has 0 aliphatic heterocycles. The summed E-state index contributed by atoms with van der Waals surface area (Å²) in [5.74, 6) is 0. The topological polar surface area (TPSA) is 20.2 Å². The predicted molar refractivity (Wildman–Crippen MR) is 63.7 cm³/mol. The SMILES string of the molecule is CCc1cc(Br)cc(CC)c1CCO. The zero-order valence-corrected chi connectivity index (χ0v) is 10.4. The number of aryl methyl sites for hydroxylation is 2. The number of hydrogen-bond donors (Lipinski definition) is 1. The van der Waals surface area contributed by atoms with Crippen LogP contribution in [0.3, 0.4) is 0 Å². The second kappa shape index (κ2) is 5.52. The van der Waals surface area contributed by atoms with Crippen LogP contribution in [0.25, 0.3) is 0 Å². The van der Waals surface area contributed by atoms with Crippen LogP contribution in [0, 0.1) is 0 Å². The third-order valence-electron chi connectivity index (χ3n) is 2.52. The van der Waals surface area contributed by atoms with Crippen molar-refractivity contribution in [2.45, 2.75) is 33.1 Å². The molecule has 0 saturated heterocycles. The van der Waals surface area contributed by atoms with Gasteiger partial charge in [-0.3, -0.25) is 0 Å². The Morgan fingerprint density at radius 2 is 1.64 bits per heavy atom. The van der Waals surface area contributed by atoms with E-state index in [0.717, 1.165) is 23.7 Å². The summed E-state index contributed by atoms with van der Waals surface area (Å²) in [6.07, 6.45) is 2.84. The van der Waals surface area contributed by atoms with E-state index >= 15 is 0 Å². The maximum atomic E-state index is 9.02. The summed E-state index contributed by atoms with van der Waals surface area (Å²) in [5.41, 5.74) is 4.04. The van der Waals surface area contributed by atoms with Gasteiger partial charge in [0, 0.05) is 11.1 Å². The van der Waals surface area contributed by atoms with Gasteiger partial charge in [0.25, 0.3) is 0 Å². The molecule has 1 aromatic carbocycles. The lowest BCUT2D eigenvalue weighted by Gasteiger charge is -2.12. The zero-order valence-electron chi connectivity index (χ0n) is 8.81. The van der Waals surface area contributed by atoms with E-state index in [2.05, 4.69) is 41.9 Å². The Balaban J connectivity index is 3.18. The van der Waals surface area contributed by atoms with E-state index in [4.69, 9.17) is 5.11 Å². The van der Waals surface area contributed by atoms with Gasteiger partial charge in [0.1, 0.15) is 0 Å². The molecule has 0 aliphatic rings. The Bertz CT molecular complexity index is 282. The molecule has 0 spiro atoms. The van der Waals surface area contributed by atoms with Crippen LogP contribution < -0.4 is 0 Å². The number of aliphatic hydroxyl groups excluding tert-OH is 1. The molecule has 0 aliphatic carbocycles. The van der Waals surface area contributed by atoms with Crippen molar-refractivity contribution >= 4 is 15.9 Å². The first-order valence-corrected chi connectivity index (χ1v) is 5.93. The van der Waals surface area contributed by atoms with Gasteiger partial charge in [-0.25, -0.2) is 0 Å². The Kier molecular flexibility index (Phi) is 4.63. The van der Waals surface area contributed by atoms with Crippen LogP contribution in [0.5, 0.6) is 0 Å². The van der Waals surface area contributed by atoms with Gasteiger partial charge in [0.05, 0.1) is 0 Å². The first-order chi connectivity index (χ1) is 6.72. The van der Waals surface area contributed by atoms with Crippen LogP contribution in [0.15, 0.2) is 16.6 Å². The Labute approximate surface area is 94.3 Å². The minimum Gasteiger partial charge on any atom is -0.396 e. The molecule has 0 bridgehead atoms. The Morgan fingerprint density at radius 3 is 2.00 bits per heavy atom. The number of aliphatic hydroxyl groups is 1. The van der Waals surface area contributed by atoms with Crippen LogP contribution in [0.2, 0.25) is 0 Å². The maximum Gasteiger partial charge on any atom is 0.0471 e. The fraction of sp³-hybridized carbons (Fsp3) is 0.500. The molecule has 0 aromatic heterocycles. The summed E-state index contributed by atoms with van der Waals surface area (Å²) in [6, 6.07) is 4.31. The molecule has 1 N–H and O–H groups in total. The van der Waals surface area contributed by atoms with Gasteiger partial charge in [-0.1, -0.05) is 29.8 Å². The van der Waals surface area contributed by atoms with E-state index in [-0.39, 0.29) is 6.61 Å². The fourth-order valence-corrected chi connectivity index (χ4v) is 2.37. The van der Waals surface area contributed by atoms with Crippen molar-refractivity contribution in [3.63, 3.8) is 0 Å². The highest BCUT2D eigenvalue weighted by Gasteiger charge is 2.07. The average molecular weight is 257 g/mol. The highest BCUT2D eigenvalue weighted by Crippen LogP contribution is 2.23. The third-order valence-corrected chi connectivity index (χ3v) is 2.98. The Morgan fingerprint density at radius 1 is 1.14 bits per heavy atom. The van der Waals surface area contributed by atoms with Crippen molar-refractivity contribution in [3.05, 3.63) is 33.3 Å². The van der Waals surface area contributed by atoms with Gasteiger partial charge >= 0.3 is 0 Å². The zero-order chi connectivity index (χ0) is 10.6. The standard InChI is InChI=1S/C12H17BrO/c1-3-9-7-11(13)8-10(4-2)12(9)5-6-14/h7-8,14H,3-6H2,1-2H3. The lowest BCUT2D eigenvalue weighted by atomic mass is 9.95. The van der Waals surface area contributed by atoms with Crippen LogP contribution in [-0.2, 0) is 19.3 Å². The summed E-state index contributed by atoms with van der Waals surface area (Å²) < 4.78 is 1.15. The van der Waals surface area contributed by atoms with Crippen molar-refractivity contribution in [1.82, 2.24) is 0 Å². The number of benzene rings is 1. The minimum atomic E-state index is 0.238. The summed E-state index contributed by atoms with van der Waals surface area (Å²) in [4.78, 5) is 0. The summed E-state index contributed by atoms with van der Waals surface area (Å²) >= 11 is 3.52. The fourth-order valence-electron chi connectivity index (χ4n) is 1.82. The molecule has 0 atom stereocenters. The summed E-state index contributed by atoms with van der Waals surface area (Å²) in [5, 5.41) is 9.02. The smallest absolute Gasteiger partial charge is 0.0471 e. The number of rotatable bonds is 4. The van der Waals surface area contributed by atoms with Gasteiger partial charge in [0.15, 0.2) is 0 Å². The molecule has 78 valence electrons. The van der Waals surface area contributed by atoms with E-state index in [1.807, 2.05) is 0 Å². The van der Waals surface area contributed by atoms with Gasteiger partial charge < -0.3 is 5.11 Å². The molecule has 0 saturated carbocycles. The number of hydrogen-bond acceptors (Lipinski definition) is 1. The van der Waals surface area contributed by atoms with E-state index in [9.17, 15) is 0 Å². The molecule has 0 amide bonds. The van der Waals surface area contributed by atoms with Crippen LogP contribution in [0.1, 0.15) is 30.5 Å². The van der Waals surface area contributed by atoms with Gasteiger partial charge in [-0.05, 0) is 48.1 Å². The first kappa shape index (κ1) is 11.7. The van der Waals surface area contributed by atoms with Crippen molar-refractivity contribution in [3.8, 4) is 0 Å². The molecule has 1 aromatic rings. The average Bonchev–Trinajstić information content (AvgIpc) is 2.20. The monoisotopic (exact) mass is 256 g/mol. The van der Waals surface area contributed by atoms with Crippen molar-refractivity contribution < 1.29 is 5.11 Å². The molecule has 1 rings (SSSR count). The molecule has 2 heteroatoms. The van der Waals surface area contributed by atoms with E-state index in [1.165, 1.54) is 16.7 Å². The molecular formula is C12H17BrO. The van der Waals surface area contributed by atoms with E-state index in [1.54, 1.807) is 0 Å². The molecule has 0 fully saturated rings. The van der Waals surface area contributed by atoms with Crippen LogP contribution in [-0.4, -0.2) is 11.7 Å². The summed E-state index contributed by atoms with van der Waals surface area (Å²) in [7, 11) is 0. The maximum absolute atomic E-state index is 9.02. The molecule has 14 heavy (non-hydrogen) atoms. The molecular weight excluding hydrogens is 240 g/mol. The molecule has 0 radical (unpaired) electrons. The highest BCUT2D eigenvalue weighted by atomic mass is 79.9.